The first-order valence-corrected chi connectivity index (χ1v) is 7.72. The Labute approximate surface area is 132 Å². The number of ether oxygens (including phenoxy) is 1. The summed E-state index contributed by atoms with van der Waals surface area (Å²) in [6.07, 6.45) is 2.03. The van der Waals surface area contributed by atoms with Gasteiger partial charge in [-0.15, -0.1) is 0 Å². The number of amides is 1. The van der Waals surface area contributed by atoms with E-state index >= 15 is 0 Å². The number of aromatic carboxylic acids is 1. The lowest BCUT2D eigenvalue weighted by atomic mass is 10.1. The zero-order valence-electron chi connectivity index (χ0n) is 10.5. The molecule has 0 aromatic heterocycles. The average molecular weight is 407 g/mol. The third kappa shape index (κ3) is 3.59. The van der Waals surface area contributed by atoms with Crippen molar-refractivity contribution in [1.29, 1.82) is 0 Å². The number of carbonyl (C=O) groups excluding carboxylic acids is 1. The molecule has 1 unspecified atom stereocenters. The molecule has 2 rings (SSSR count). The highest BCUT2D eigenvalue weighted by atomic mass is 79.9. The third-order valence-corrected chi connectivity index (χ3v) is 4.09. The van der Waals surface area contributed by atoms with E-state index in [0.717, 1.165) is 12.8 Å². The zero-order valence-corrected chi connectivity index (χ0v) is 13.7. The van der Waals surface area contributed by atoms with Crippen LogP contribution in [0.15, 0.2) is 21.1 Å². The maximum Gasteiger partial charge on any atom is 0.337 e. The quantitative estimate of drug-likeness (QED) is 0.806. The molecule has 1 heterocycles. The summed E-state index contributed by atoms with van der Waals surface area (Å²) in [5, 5.41) is 11.9. The van der Waals surface area contributed by atoms with E-state index < -0.39 is 12.1 Å². The van der Waals surface area contributed by atoms with Gasteiger partial charge in [-0.1, -0.05) is 15.9 Å². The van der Waals surface area contributed by atoms with Gasteiger partial charge in [-0.05, 0) is 47.3 Å². The molecule has 5 nitrogen and oxygen atoms in total. The molecule has 0 saturated carbocycles. The van der Waals surface area contributed by atoms with Crippen LogP contribution < -0.4 is 5.32 Å². The summed E-state index contributed by atoms with van der Waals surface area (Å²) in [5.41, 5.74) is 0.273. The molecule has 1 fully saturated rings. The van der Waals surface area contributed by atoms with Crippen LogP contribution in [0.4, 0.5) is 5.69 Å². The van der Waals surface area contributed by atoms with Crippen LogP contribution in [0.25, 0.3) is 0 Å². The molecule has 0 aliphatic carbocycles. The molecule has 2 N–H and O–H groups in total. The Morgan fingerprint density at radius 2 is 2.05 bits per heavy atom. The first-order valence-electron chi connectivity index (χ1n) is 6.14. The number of rotatable bonds is 3. The Kier molecular flexibility index (Phi) is 5.17. The number of hydrogen-bond acceptors (Lipinski definition) is 3. The summed E-state index contributed by atoms with van der Waals surface area (Å²) in [4.78, 5) is 23.4. The smallest absolute Gasteiger partial charge is 0.337 e. The monoisotopic (exact) mass is 405 g/mol. The van der Waals surface area contributed by atoms with Gasteiger partial charge in [0.05, 0.1) is 11.3 Å². The second-order valence-electron chi connectivity index (χ2n) is 4.46. The highest BCUT2D eigenvalue weighted by Crippen LogP contribution is 2.31. The van der Waals surface area contributed by atoms with Crippen LogP contribution in [0, 0.1) is 0 Å². The zero-order chi connectivity index (χ0) is 14.7. The van der Waals surface area contributed by atoms with E-state index in [1.54, 1.807) is 6.07 Å². The van der Waals surface area contributed by atoms with Gasteiger partial charge in [0.1, 0.15) is 6.10 Å². The molecule has 20 heavy (non-hydrogen) atoms. The minimum absolute atomic E-state index is 0.0235. The molecule has 1 atom stereocenters. The normalized spacial score (nSPS) is 18.6. The van der Waals surface area contributed by atoms with Gasteiger partial charge in [0.15, 0.2) is 0 Å². The Bertz CT molecular complexity index is 541. The average Bonchev–Trinajstić information content (AvgIpc) is 2.42. The van der Waals surface area contributed by atoms with Crippen LogP contribution in [-0.2, 0) is 9.53 Å². The molecule has 7 heteroatoms. The lowest BCUT2D eigenvalue weighted by molar-refractivity contribution is -0.129. The van der Waals surface area contributed by atoms with E-state index in [0.29, 0.717) is 22.0 Å². The maximum atomic E-state index is 12.1. The van der Waals surface area contributed by atoms with E-state index in [9.17, 15) is 14.7 Å². The lowest BCUT2D eigenvalue weighted by Gasteiger charge is -2.22. The second-order valence-corrected chi connectivity index (χ2v) is 6.23. The van der Waals surface area contributed by atoms with Crippen molar-refractivity contribution in [3.8, 4) is 0 Å². The van der Waals surface area contributed by atoms with E-state index in [1.807, 2.05) is 0 Å². The van der Waals surface area contributed by atoms with Crippen molar-refractivity contribution in [3.63, 3.8) is 0 Å². The van der Waals surface area contributed by atoms with Gasteiger partial charge in [-0.2, -0.15) is 0 Å². The molecule has 1 amide bonds. The minimum atomic E-state index is -1.10. The Balaban J connectivity index is 2.23. The van der Waals surface area contributed by atoms with E-state index in [-0.39, 0.29) is 17.2 Å². The fraction of sp³-hybridized carbons (Fsp3) is 0.385. The minimum Gasteiger partial charge on any atom is -0.478 e. The van der Waals surface area contributed by atoms with Crippen molar-refractivity contribution in [2.24, 2.45) is 0 Å². The summed E-state index contributed by atoms with van der Waals surface area (Å²) >= 11 is 6.50. The Morgan fingerprint density at radius 3 is 2.65 bits per heavy atom. The molecule has 0 spiro atoms. The SMILES string of the molecule is O=C(O)c1cc(Br)cc(Br)c1NC(=O)C1CCCCO1. The predicted octanol–water partition coefficient (Wildman–Crippen LogP) is 3.42. The standard InChI is InChI=1S/C13H13Br2NO4/c14-7-5-8(13(18)19)11(9(15)6-7)16-12(17)10-3-1-2-4-20-10/h5-6,10H,1-4H2,(H,16,17)(H,18,19). The van der Waals surface area contributed by atoms with E-state index in [2.05, 4.69) is 37.2 Å². The van der Waals surface area contributed by atoms with Crippen molar-refractivity contribution in [3.05, 3.63) is 26.6 Å². The number of anilines is 1. The molecule has 1 saturated heterocycles. The van der Waals surface area contributed by atoms with Crippen LogP contribution in [-0.4, -0.2) is 29.7 Å². The van der Waals surface area contributed by atoms with Crippen LogP contribution in [0.5, 0.6) is 0 Å². The summed E-state index contributed by atoms with van der Waals surface area (Å²) in [6.45, 7) is 0.561. The second kappa shape index (κ2) is 6.69. The predicted molar refractivity (Wildman–Crippen MR) is 81.0 cm³/mol. The van der Waals surface area contributed by atoms with Gasteiger partial charge < -0.3 is 15.2 Å². The largest absolute Gasteiger partial charge is 0.478 e. The number of benzene rings is 1. The first kappa shape index (κ1) is 15.5. The van der Waals surface area contributed by atoms with Crippen LogP contribution >= 0.6 is 31.9 Å². The molecular formula is C13H13Br2NO4. The van der Waals surface area contributed by atoms with Crippen molar-refractivity contribution < 1.29 is 19.4 Å². The van der Waals surface area contributed by atoms with Gasteiger partial charge in [-0.3, -0.25) is 4.79 Å². The molecule has 0 bridgehead atoms. The molecular weight excluding hydrogens is 394 g/mol. The van der Waals surface area contributed by atoms with Crippen LogP contribution in [0.2, 0.25) is 0 Å². The highest BCUT2D eigenvalue weighted by molar-refractivity contribution is 9.11. The fourth-order valence-corrected chi connectivity index (χ4v) is 3.34. The van der Waals surface area contributed by atoms with Gasteiger partial charge in [0.2, 0.25) is 0 Å². The summed E-state index contributed by atoms with van der Waals surface area (Å²) in [5.74, 6) is -1.41. The maximum absolute atomic E-state index is 12.1. The fourth-order valence-electron chi connectivity index (χ4n) is 2.02. The van der Waals surface area contributed by atoms with Gasteiger partial charge in [0.25, 0.3) is 5.91 Å². The lowest BCUT2D eigenvalue weighted by Crippen LogP contribution is -2.33. The number of halogens is 2. The summed E-state index contributed by atoms with van der Waals surface area (Å²) in [7, 11) is 0. The van der Waals surface area contributed by atoms with Gasteiger partial charge >= 0.3 is 5.97 Å². The molecule has 1 aliphatic heterocycles. The topological polar surface area (TPSA) is 75.6 Å². The molecule has 1 aliphatic rings. The summed E-state index contributed by atoms with van der Waals surface area (Å²) in [6, 6.07) is 3.13. The Hall–Kier alpha value is -0.920. The van der Waals surface area contributed by atoms with E-state index in [4.69, 9.17) is 4.74 Å². The molecule has 1 aromatic rings. The highest BCUT2D eigenvalue weighted by Gasteiger charge is 2.24. The van der Waals surface area contributed by atoms with Crippen molar-refractivity contribution in [2.75, 3.05) is 11.9 Å². The van der Waals surface area contributed by atoms with E-state index in [1.165, 1.54) is 6.07 Å². The number of carbonyl (C=O) groups is 2. The number of carboxylic acid groups (broad SMARTS) is 1. The molecule has 1 aromatic carbocycles. The summed E-state index contributed by atoms with van der Waals surface area (Å²) < 4.78 is 6.52. The van der Waals surface area contributed by atoms with Crippen molar-refractivity contribution in [2.45, 2.75) is 25.4 Å². The molecule has 108 valence electrons. The van der Waals surface area contributed by atoms with Crippen molar-refractivity contribution >= 4 is 49.4 Å². The van der Waals surface area contributed by atoms with Gasteiger partial charge in [-0.25, -0.2) is 4.79 Å². The van der Waals surface area contributed by atoms with Gasteiger partial charge in [0, 0.05) is 15.6 Å². The number of nitrogens with one attached hydrogen (secondary N) is 1. The number of hydrogen-bond donors (Lipinski definition) is 2. The van der Waals surface area contributed by atoms with Crippen molar-refractivity contribution in [1.82, 2.24) is 0 Å². The van der Waals surface area contributed by atoms with Crippen LogP contribution in [0.1, 0.15) is 29.6 Å². The third-order valence-electron chi connectivity index (χ3n) is 3.01. The molecule has 0 radical (unpaired) electrons. The Morgan fingerprint density at radius 1 is 1.30 bits per heavy atom. The number of carboxylic acids is 1. The first-order chi connectivity index (χ1) is 9.49. The van der Waals surface area contributed by atoms with Crippen LogP contribution in [0.3, 0.4) is 0 Å².